The molecule has 0 aliphatic heterocycles. The topological polar surface area (TPSA) is 44.5 Å². The van der Waals surface area contributed by atoms with Crippen molar-refractivity contribution >= 4 is 0 Å². The van der Waals surface area contributed by atoms with Crippen molar-refractivity contribution in [1.82, 2.24) is 0 Å². The average molecular weight is 207 g/mol. The van der Waals surface area contributed by atoms with Gasteiger partial charge in [0.05, 0.1) is 0 Å². The fourth-order valence-corrected chi connectivity index (χ4v) is 1.91. The van der Waals surface area contributed by atoms with Crippen molar-refractivity contribution in [3.8, 4) is 5.75 Å². The van der Waals surface area contributed by atoms with Crippen LogP contribution in [-0.4, -0.2) is 13.4 Å². The van der Waals surface area contributed by atoms with Crippen LogP contribution in [0.2, 0.25) is 0 Å². The number of nitrogens with two attached hydrogens (primary N) is 1. The quantitative estimate of drug-likeness (QED) is 0.606. The molecule has 15 heavy (non-hydrogen) atoms. The van der Waals surface area contributed by atoms with Crippen LogP contribution in [0.1, 0.15) is 30.5 Å². The zero-order valence-electron chi connectivity index (χ0n) is 9.03. The third-order valence-electron chi connectivity index (χ3n) is 2.75. The van der Waals surface area contributed by atoms with Crippen LogP contribution in [0.25, 0.3) is 0 Å². The van der Waals surface area contributed by atoms with E-state index < -0.39 is 0 Å². The summed E-state index contributed by atoms with van der Waals surface area (Å²) in [6, 6.07) is 6.30. The predicted octanol–water partition coefficient (Wildman–Crippen LogP) is 2.01. The molecule has 3 heteroatoms. The monoisotopic (exact) mass is 207 g/mol. The molecule has 0 fully saturated rings. The molecule has 1 aromatic carbocycles. The molecule has 82 valence electrons. The Bertz CT molecular complexity index is 338. The summed E-state index contributed by atoms with van der Waals surface area (Å²) in [6.45, 7) is 2.95. The summed E-state index contributed by atoms with van der Waals surface area (Å²) in [6.07, 6.45) is 2.10. The Morgan fingerprint density at radius 1 is 1.47 bits per heavy atom. The minimum absolute atomic E-state index is 0.209. The Hall–Kier alpha value is -1.06. The van der Waals surface area contributed by atoms with E-state index in [-0.39, 0.29) is 6.04 Å². The maximum atomic E-state index is 5.95. The summed E-state index contributed by atoms with van der Waals surface area (Å²) >= 11 is 0. The van der Waals surface area contributed by atoms with Gasteiger partial charge < -0.3 is 15.2 Å². The smallest absolute Gasteiger partial charge is 0.189 e. The molecule has 1 aromatic rings. The van der Waals surface area contributed by atoms with Gasteiger partial charge in [-0.05, 0) is 43.0 Å². The largest absolute Gasteiger partial charge is 0.468 e. The van der Waals surface area contributed by atoms with E-state index in [1.807, 2.05) is 13.0 Å². The van der Waals surface area contributed by atoms with Crippen molar-refractivity contribution < 1.29 is 9.47 Å². The first-order chi connectivity index (χ1) is 7.31. The second-order valence-electron chi connectivity index (χ2n) is 3.76. The van der Waals surface area contributed by atoms with E-state index in [4.69, 9.17) is 15.2 Å². The lowest BCUT2D eigenvalue weighted by atomic mass is 10.1. The SMILES string of the molecule is CCOCOc1ccc2c(c1)CC[C@H]2N. The molecule has 2 N–H and O–H groups in total. The molecule has 1 atom stereocenters. The molecule has 0 heterocycles. The molecule has 0 bridgehead atoms. The Morgan fingerprint density at radius 3 is 3.13 bits per heavy atom. The molecule has 0 aromatic heterocycles. The van der Waals surface area contributed by atoms with Crippen molar-refractivity contribution in [2.45, 2.75) is 25.8 Å². The number of fused-ring (bicyclic) bond motifs is 1. The number of benzene rings is 1. The van der Waals surface area contributed by atoms with Crippen LogP contribution < -0.4 is 10.5 Å². The number of rotatable bonds is 4. The van der Waals surface area contributed by atoms with Gasteiger partial charge in [0.2, 0.25) is 0 Å². The Balaban J connectivity index is 2.03. The second-order valence-corrected chi connectivity index (χ2v) is 3.76. The second kappa shape index (κ2) is 4.64. The standard InChI is InChI=1S/C12H17NO2/c1-2-14-8-15-10-4-5-11-9(7-10)3-6-12(11)13/h4-5,7,12H,2-3,6,8,13H2,1H3/t12-/m1/s1. The lowest BCUT2D eigenvalue weighted by Crippen LogP contribution is -2.05. The molecule has 0 spiro atoms. The number of hydrogen-bond acceptors (Lipinski definition) is 3. The van der Waals surface area contributed by atoms with E-state index in [1.165, 1.54) is 11.1 Å². The molecule has 0 radical (unpaired) electrons. The molecule has 0 amide bonds. The van der Waals surface area contributed by atoms with Gasteiger partial charge in [-0.3, -0.25) is 0 Å². The number of aryl methyl sites for hydroxylation is 1. The normalized spacial score (nSPS) is 18.9. The van der Waals surface area contributed by atoms with Crippen LogP contribution in [0.5, 0.6) is 5.75 Å². The van der Waals surface area contributed by atoms with E-state index in [9.17, 15) is 0 Å². The number of ether oxygens (including phenoxy) is 2. The van der Waals surface area contributed by atoms with Gasteiger partial charge in [0.15, 0.2) is 6.79 Å². The molecule has 1 aliphatic carbocycles. The fourth-order valence-electron chi connectivity index (χ4n) is 1.91. The van der Waals surface area contributed by atoms with Crippen LogP contribution in [-0.2, 0) is 11.2 Å². The molecule has 3 nitrogen and oxygen atoms in total. The number of hydrogen-bond donors (Lipinski definition) is 1. The van der Waals surface area contributed by atoms with Crippen molar-refractivity contribution in [2.75, 3.05) is 13.4 Å². The Labute approximate surface area is 90.2 Å². The van der Waals surface area contributed by atoms with Crippen molar-refractivity contribution in [3.63, 3.8) is 0 Å². The van der Waals surface area contributed by atoms with E-state index in [1.54, 1.807) is 0 Å². The summed E-state index contributed by atoms with van der Waals surface area (Å²) < 4.78 is 10.6. The third-order valence-corrected chi connectivity index (χ3v) is 2.75. The van der Waals surface area contributed by atoms with Gasteiger partial charge in [-0.15, -0.1) is 0 Å². The third kappa shape index (κ3) is 2.30. The van der Waals surface area contributed by atoms with Crippen LogP contribution in [0.15, 0.2) is 18.2 Å². The average Bonchev–Trinajstić information content (AvgIpc) is 2.61. The first kappa shape index (κ1) is 10.5. The minimum atomic E-state index is 0.209. The van der Waals surface area contributed by atoms with Gasteiger partial charge in [0, 0.05) is 12.6 Å². The van der Waals surface area contributed by atoms with Crippen LogP contribution in [0.4, 0.5) is 0 Å². The van der Waals surface area contributed by atoms with E-state index in [2.05, 4.69) is 12.1 Å². The summed E-state index contributed by atoms with van der Waals surface area (Å²) in [5, 5.41) is 0. The summed E-state index contributed by atoms with van der Waals surface area (Å²) in [4.78, 5) is 0. The molecule has 0 unspecified atom stereocenters. The van der Waals surface area contributed by atoms with Gasteiger partial charge in [0.25, 0.3) is 0 Å². The summed E-state index contributed by atoms with van der Waals surface area (Å²) in [7, 11) is 0. The van der Waals surface area contributed by atoms with Gasteiger partial charge in [-0.1, -0.05) is 6.07 Å². The van der Waals surface area contributed by atoms with Crippen molar-refractivity contribution in [1.29, 1.82) is 0 Å². The molecule has 2 rings (SSSR count). The molecule has 0 saturated heterocycles. The van der Waals surface area contributed by atoms with Crippen LogP contribution in [0, 0.1) is 0 Å². The highest BCUT2D eigenvalue weighted by atomic mass is 16.7. The highest BCUT2D eigenvalue weighted by Gasteiger charge is 2.18. The van der Waals surface area contributed by atoms with Crippen LogP contribution >= 0.6 is 0 Å². The lowest BCUT2D eigenvalue weighted by Gasteiger charge is -2.08. The van der Waals surface area contributed by atoms with Crippen molar-refractivity contribution in [2.24, 2.45) is 5.73 Å². The first-order valence-electron chi connectivity index (χ1n) is 5.40. The maximum absolute atomic E-state index is 5.95. The minimum Gasteiger partial charge on any atom is -0.468 e. The highest BCUT2D eigenvalue weighted by molar-refractivity contribution is 5.40. The van der Waals surface area contributed by atoms with Gasteiger partial charge >= 0.3 is 0 Å². The van der Waals surface area contributed by atoms with Gasteiger partial charge in [-0.2, -0.15) is 0 Å². The molecular formula is C12H17NO2. The summed E-state index contributed by atoms with van der Waals surface area (Å²) in [5.41, 5.74) is 8.53. The van der Waals surface area contributed by atoms with E-state index in [0.29, 0.717) is 13.4 Å². The Kier molecular flexibility index (Phi) is 3.23. The zero-order chi connectivity index (χ0) is 10.7. The first-order valence-corrected chi connectivity index (χ1v) is 5.40. The van der Waals surface area contributed by atoms with Crippen LogP contribution in [0.3, 0.4) is 0 Å². The lowest BCUT2D eigenvalue weighted by molar-refractivity contribution is 0.0224. The van der Waals surface area contributed by atoms with E-state index >= 15 is 0 Å². The maximum Gasteiger partial charge on any atom is 0.189 e. The Morgan fingerprint density at radius 2 is 2.33 bits per heavy atom. The zero-order valence-corrected chi connectivity index (χ0v) is 9.03. The van der Waals surface area contributed by atoms with Gasteiger partial charge in [-0.25, -0.2) is 0 Å². The predicted molar refractivity (Wildman–Crippen MR) is 58.8 cm³/mol. The molecular weight excluding hydrogens is 190 g/mol. The fraction of sp³-hybridized carbons (Fsp3) is 0.500. The highest BCUT2D eigenvalue weighted by Crippen LogP contribution is 2.31. The summed E-state index contributed by atoms with van der Waals surface area (Å²) in [5.74, 6) is 0.872. The molecule has 0 saturated carbocycles. The molecule has 1 aliphatic rings. The van der Waals surface area contributed by atoms with Crippen molar-refractivity contribution in [3.05, 3.63) is 29.3 Å². The van der Waals surface area contributed by atoms with Gasteiger partial charge in [0.1, 0.15) is 5.75 Å². The van der Waals surface area contributed by atoms with E-state index in [0.717, 1.165) is 18.6 Å².